The lowest BCUT2D eigenvalue weighted by atomic mass is 10.0. The predicted molar refractivity (Wildman–Crippen MR) is 121 cm³/mol. The molecular formula is C24H29FN4O3. The molecule has 2 aromatic rings. The Balaban J connectivity index is 1.51. The van der Waals surface area contributed by atoms with Gasteiger partial charge in [0, 0.05) is 38.2 Å². The second-order valence-electron chi connectivity index (χ2n) is 8.15. The lowest BCUT2D eigenvalue weighted by Gasteiger charge is -2.33. The molecule has 170 valence electrons. The molecule has 1 unspecified atom stereocenters. The van der Waals surface area contributed by atoms with Crippen LogP contribution in [0.15, 0.2) is 48.5 Å². The Morgan fingerprint density at radius 3 is 2.41 bits per heavy atom. The summed E-state index contributed by atoms with van der Waals surface area (Å²) in [6.07, 6.45) is 1.63. The van der Waals surface area contributed by atoms with Gasteiger partial charge in [-0.15, -0.1) is 0 Å². The molecule has 0 aliphatic carbocycles. The first-order valence-electron chi connectivity index (χ1n) is 10.7. The molecule has 2 aromatic carbocycles. The monoisotopic (exact) mass is 440 g/mol. The van der Waals surface area contributed by atoms with Gasteiger partial charge in [0.25, 0.3) is 0 Å². The summed E-state index contributed by atoms with van der Waals surface area (Å²) in [5.41, 5.74) is 2.60. The first kappa shape index (κ1) is 23.2. The summed E-state index contributed by atoms with van der Waals surface area (Å²) in [6.45, 7) is 4.35. The van der Waals surface area contributed by atoms with Gasteiger partial charge in [-0.1, -0.05) is 29.8 Å². The number of hydrogen-bond acceptors (Lipinski definition) is 3. The third-order valence-corrected chi connectivity index (χ3v) is 5.44. The van der Waals surface area contributed by atoms with Gasteiger partial charge in [0.2, 0.25) is 11.8 Å². The van der Waals surface area contributed by atoms with E-state index in [0.29, 0.717) is 38.0 Å². The smallest absolute Gasteiger partial charge is 0.321 e. The van der Waals surface area contributed by atoms with Gasteiger partial charge in [0.1, 0.15) is 11.9 Å². The second-order valence-corrected chi connectivity index (χ2v) is 8.15. The highest BCUT2D eigenvalue weighted by Gasteiger charge is 2.27. The summed E-state index contributed by atoms with van der Waals surface area (Å²) in [7, 11) is 0. The lowest BCUT2D eigenvalue weighted by Crippen LogP contribution is -2.53. The second kappa shape index (κ2) is 10.7. The summed E-state index contributed by atoms with van der Waals surface area (Å²) >= 11 is 0. The third kappa shape index (κ3) is 6.80. The van der Waals surface area contributed by atoms with E-state index in [1.165, 1.54) is 31.2 Å². The number of nitrogens with one attached hydrogen (secondary N) is 3. The molecule has 7 nitrogen and oxygen atoms in total. The van der Waals surface area contributed by atoms with E-state index in [2.05, 4.69) is 16.0 Å². The van der Waals surface area contributed by atoms with Crippen molar-refractivity contribution < 1.29 is 18.8 Å². The maximum absolute atomic E-state index is 13.0. The summed E-state index contributed by atoms with van der Waals surface area (Å²) in [5.74, 6) is -0.847. The number of nitrogens with zero attached hydrogens (tertiary/aromatic N) is 1. The van der Waals surface area contributed by atoms with Crippen molar-refractivity contribution in [3.8, 4) is 0 Å². The number of carbonyl (C=O) groups excluding carboxylic acids is 3. The number of anilines is 1. The van der Waals surface area contributed by atoms with Crippen LogP contribution in [-0.4, -0.2) is 47.9 Å². The SMILES string of the molecule is CC(=O)NC(Cc1cccc(C)c1)C(=O)NC1CCN(C(=O)Nc2ccc(F)cc2)CC1. The summed E-state index contributed by atoms with van der Waals surface area (Å²) in [6, 6.07) is 12.5. The Hall–Kier alpha value is -3.42. The number of urea groups is 1. The summed E-state index contributed by atoms with van der Waals surface area (Å²) < 4.78 is 13.0. The van der Waals surface area contributed by atoms with Crippen molar-refractivity contribution in [2.45, 2.75) is 45.2 Å². The van der Waals surface area contributed by atoms with Crippen LogP contribution < -0.4 is 16.0 Å². The quantitative estimate of drug-likeness (QED) is 0.645. The van der Waals surface area contributed by atoms with E-state index < -0.39 is 6.04 Å². The number of halogens is 1. The molecule has 0 bridgehead atoms. The molecule has 1 aliphatic heterocycles. The molecule has 1 atom stereocenters. The molecule has 4 amide bonds. The first-order valence-corrected chi connectivity index (χ1v) is 10.7. The topological polar surface area (TPSA) is 90.5 Å². The van der Waals surface area contributed by atoms with Crippen molar-refractivity contribution in [1.82, 2.24) is 15.5 Å². The highest BCUT2D eigenvalue weighted by molar-refractivity contribution is 5.89. The normalized spacial score (nSPS) is 15.0. The highest BCUT2D eigenvalue weighted by atomic mass is 19.1. The molecule has 0 saturated carbocycles. The van der Waals surface area contributed by atoms with E-state index in [9.17, 15) is 18.8 Å². The van der Waals surface area contributed by atoms with Crippen LogP contribution in [0.25, 0.3) is 0 Å². The minimum atomic E-state index is -0.658. The van der Waals surface area contributed by atoms with Gasteiger partial charge in [-0.05, 0) is 49.6 Å². The predicted octanol–water partition coefficient (Wildman–Crippen LogP) is 2.99. The van der Waals surface area contributed by atoms with Crippen LogP contribution in [0.4, 0.5) is 14.9 Å². The summed E-state index contributed by atoms with van der Waals surface area (Å²) in [4.78, 5) is 38.6. The number of benzene rings is 2. The largest absolute Gasteiger partial charge is 0.351 e. The fraction of sp³-hybridized carbons (Fsp3) is 0.375. The Bertz CT molecular complexity index is 956. The van der Waals surface area contributed by atoms with E-state index in [0.717, 1.165) is 11.1 Å². The minimum Gasteiger partial charge on any atom is -0.351 e. The van der Waals surface area contributed by atoms with Gasteiger partial charge in [-0.2, -0.15) is 0 Å². The third-order valence-electron chi connectivity index (χ3n) is 5.44. The van der Waals surface area contributed by atoms with E-state index >= 15 is 0 Å². The van der Waals surface area contributed by atoms with Crippen molar-refractivity contribution >= 4 is 23.5 Å². The van der Waals surface area contributed by atoms with Crippen LogP contribution in [0.2, 0.25) is 0 Å². The zero-order chi connectivity index (χ0) is 23.1. The molecule has 8 heteroatoms. The molecular weight excluding hydrogens is 411 g/mol. The minimum absolute atomic E-state index is 0.0776. The Morgan fingerprint density at radius 1 is 1.09 bits per heavy atom. The van der Waals surface area contributed by atoms with Gasteiger partial charge in [-0.3, -0.25) is 9.59 Å². The van der Waals surface area contributed by atoms with E-state index in [4.69, 9.17) is 0 Å². The number of rotatable bonds is 6. The first-order chi connectivity index (χ1) is 15.3. The van der Waals surface area contributed by atoms with Crippen LogP contribution in [-0.2, 0) is 16.0 Å². The van der Waals surface area contributed by atoms with Gasteiger partial charge in [-0.25, -0.2) is 9.18 Å². The van der Waals surface area contributed by atoms with Crippen molar-refractivity contribution in [3.05, 3.63) is 65.5 Å². The molecule has 1 aliphatic rings. The number of carbonyl (C=O) groups is 3. The molecule has 3 N–H and O–H groups in total. The van der Waals surface area contributed by atoms with Crippen molar-refractivity contribution in [2.24, 2.45) is 0 Å². The molecule has 0 radical (unpaired) electrons. The number of aryl methyl sites for hydroxylation is 1. The van der Waals surface area contributed by atoms with Crippen LogP contribution in [0, 0.1) is 12.7 Å². The van der Waals surface area contributed by atoms with Gasteiger partial charge >= 0.3 is 6.03 Å². The fourth-order valence-electron chi connectivity index (χ4n) is 3.79. The van der Waals surface area contributed by atoms with Crippen LogP contribution in [0.1, 0.15) is 30.9 Å². The van der Waals surface area contributed by atoms with Crippen molar-refractivity contribution in [2.75, 3.05) is 18.4 Å². The lowest BCUT2D eigenvalue weighted by molar-refractivity contribution is -0.128. The highest BCUT2D eigenvalue weighted by Crippen LogP contribution is 2.15. The van der Waals surface area contributed by atoms with Crippen molar-refractivity contribution in [3.63, 3.8) is 0 Å². The Morgan fingerprint density at radius 2 is 1.78 bits per heavy atom. The van der Waals surface area contributed by atoms with E-state index in [1.807, 2.05) is 31.2 Å². The van der Waals surface area contributed by atoms with Crippen LogP contribution in [0.5, 0.6) is 0 Å². The van der Waals surface area contributed by atoms with Crippen LogP contribution >= 0.6 is 0 Å². The molecule has 0 aromatic heterocycles. The molecule has 32 heavy (non-hydrogen) atoms. The summed E-state index contributed by atoms with van der Waals surface area (Å²) in [5, 5.41) is 8.52. The maximum atomic E-state index is 13.0. The molecule has 1 saturated heterocycles. The van der Waals surface area contributed by atoms with Gasteiger partial charge < -0.3 is 20.9 Å². The number of amides is 4. The van der Waals surface area contributed by atoms with Gasteiger partial charge in [0.05, 0.1) is 0 Å². The average molecular weight is 441 g/mol. The fourth-order valence-corrected chi connectivity index (χ4v) is 3.79. The van der Waals surface area contributed by atoms with Crippen molar-refractivity contribution in [1.29, 1.82) is 0 Å². The molecule has 0 spiro atoms. The standard InChI is InChI=1S/C24H29FN4O3/c1-16-4-3-5-18(14-16)15-22(26-17(2)30)23(31)27-21-10-12-29(13-11-21)24(32)28-20-8-6-19(25)7-9-20/h3-9,14,21-22H,10-13,15H2,1-2H3,(H,26,30)(H,27,31)(H,28,32). The molecule has 3 rings (SSSR count). The molecule has 1 fully saturated rings. The van der Waals surface area contributed by atoms with Crippen LogP contribution in [0.3, 0.4) is 0 Å². The zero-order valence-electron chi connectivity index (χ0n) is 18.4. The average Bonchev–Trinajstić information content (AvgIpc) is 2.75. The van der Waals surface area contributed by atoms with E-state index in [1.54, 1.807) is 4.90 Å². The number of likely N-dealkylation sites (tertiary alicyclic amines) is 1. The van der Waals surface area contributed by atoms with E-state index in [-0.39, 0.29) is 29.7 Å². The Kier molecular flexibility index (Phi) is 7.81. The zero-order valence-corrected chi connectivity index (χ0v) is 18.4. The molecule has 1 heterocycles. The maximum Gasteiger partial charge on any atom is 0.321 e. The number of hydrogen-bond donors (Lipinski definition) is 3. The Labute approximate surface area is 187 Å². The number of piperidine rings is 1. The van der Waals surface area contributed by atoms with Gasteiger partial charge in [0.15, 0.2) is 0 Å².